The summed E-state index contributed by atoms with van der Waals surface area (Å²) in [7, 11) is 0. The van der Waals surface area contributed by atoms with E-state index in [1.807, 2.05) is 12.1 Å². The summed E-state index contributed by atoms with van der Waals surface area (Å²) in [5.74, 6) is -0.285. The van der Waals surface area contributed by atoms with Crippen molar-refractivity contribution in [1.29, 1.82) is 0 Å². The predicted octanol–water partition coefficient (Wildman–Crippen LogP) is 2.95. The molecule has 1 N–H and O–H groups in total. The maximum Gasteiger partial charge on any atom is 0.255 e. The molecule has 3 amide bonds. The van der Waals surface area contributed by atoms with Gasteiger partial charge in [0.1, 0.15) is 5.82 Å². The number of morpholine rings is 1. The van der Waals surface area contributed by atoms with E-state index in [4.69, 9.17) is 4.74 Å². The molecule has 2 aliphatic rings. The molecule has 2 aromatic carbocycles. The van der Waals surface area contributed by atoms with E-state index in [9.17, 15) is 18.8 Å². The summed E-state index contributed by atoms with van der Waals surface area (Å²) in [5, 5.41) is 2.89. The van der Waals surface area contributed by atoms with Crippen molar-refractivity contribution in [1.82, 2.24) is 4.90 Å². The number of halogens is 1. The zero-order valence-corrected chi connectivity index (χ0v) is 19.0. The molecule has 1 fully saturated rings. The third-order valence-electron chi connectivity index (χ3n) is 5.72. The van der Waals surface area contributed by atoms with Crippen molar-refractivity contribution in [3.05, 3.63) is 59.4 Å². The van der Waals surface area contributed by atoms with Crippen LogP contribution in [-0.2, 0) is 20.7 Å². The summed E-state index contributed by atoms with van der Waals surface area (Å²) < 4.78 is 18.4. The van der Waals surface area contributed by atoms with Crippen LogP contribution in [0.4, 0.5) is 15.8 Å². The Morgan fingerprint density at radius 1 is 0.970 bits per heavy atom. The van der Waals surface area contributed by atoms with Crippen LogP contribution in [0.1, 0.15) is 22.3 Å². The van der Waals surface area contributed by atoms with Crippen molar-refractivity contribution in [2.45, 2.75) is 12.8 Å². The fourth-order valence-corrected chi connectivity index (χ4v) is 4.79. The highest BCUT2D eigenvalue weighted by Crippen LogP contribution is 2.33. The van der Waals surface area contributed by atoms with Crippen LogP contribution in [0.2, 0.25) is 0 Å². The molecule has 9 heteroatoms. The van der Waals surface area contributed by atoms with Gasteiger partial charge in [-0.15, -0.1) is 11.8 Å². The molecule has 33 heavy (non-hydrogen) atoms. The van der Waals surface area contributed by atoms with E-state index >= 15 is 0 Å². The summed E-state index contributed by atoms with van der Waals surface area (Å²) >= 11 is 1.32. The number of nitrogens with zero attached hydrogens (tertiary/aromatic N) is 2. The largest absolute Gasteiger partial charge is 0.378 e. The lowest BCUT2D eigenvalue weighted by atomic mass is 9.99. The Bertz CT molecular complexity index is 1020. The van der Waals surface area contributed by atoms with Crippen molar-refractivity contribution in [3.8, 4) is 0 Å². The zero-order chi connectivity index (χ0) is 23.2. The van der Waals surface area contributed by atoms with Crippen LogP contribution in [0, 0.1) is 5.82 Å². The molecule has 174 valence electrons. The third-order valence-corrected chi connectivity index (χ3v) is 6.62. The normalized spacial score (nSPS) is 15.7. The molecule has 2 aromatic rings. The lowest BCUT2D eigenvalue weighted by Gasteiger charge is -2.31. The van der Waals surface area contributed by atoms with Crippen molar-refractivity contribution >= 4 is 40.9 Å². The van der Waals surface area contributed by atoms with Gasteiger partial charge in [-0.2, -0.15) is 0 Å². The maximum atomic E-state index is 13.2. The monoisotopic (exact) mass is 471 g/mol. The number of benzene rings is 2. The molecule has 7 nitrogen and oxygen atoms in total. The number of amides is 3. The number of hydrogen-bond acceptors (Lipinski definition) is 5. The molecule has 0 unspecified atom stereocenters. The van der Waals surface area contributed by atoms with E-state index in [0.717, 1.165) is 24.1 Å². The molecule has 0 radical (unpaired) electrons. The smallest absolute Gasteiger partial charge is 0.255 e. The fourth-order valence-electron chi connectivity index (χ4n) is 4.00. The van der Waals surface area contributed by atoms with Gasteiger partial charge in [0, 0.05) is 36.6 Å². The van der Waals surface area contributed by atoms with Gasteiger partial charge in [0.05, 0.1) is 24.7 Å². The summed E-state index contributed by atoms with van der Waals surface area (Å²) in [6.45, 7) is 2.90. The van der Waals surface area contributed by atoms with Gasteiger partial charge in [-0.25, -0.2) is 4.39 Å². The number of thioether (sulfide) groups is 1. The lowest BCUT2D eigenvalue weighted by Crippen LogP contribution is -2.42. The average Bonchev–Trinajstić information content (AvgIpc) is 2.84. The van der Waals surface area contributed by atoms with Gasteiger partial charge in [0.25, 0.3) is 5.91 Å². The third kappa shape index (κ3) is 5.72. The van der Waals surface area contributed by atoms with E-state index in [1.165, 1.54) is 36.0 Å². The summed E-state index contributed by atoms with van der Waals surface area (Å²) in [6.07, 6.45) is 1.52. The van der Waals surface area contributed by atoms with Crippen LogP contribution in [0.5, 0.6) is 0 Å². The van der Waals surface area contributed by atoms with Crippen LogP contribution < -0.4 is 10.2 Å². The second-order valence-electron chi connectivity index (χ2n) is 7.90. The number of hydrogen-bond donors (Lipinski definition) is 1. The van der Waals surface area contributed by atoms with E-state index in [2.05, 4.69) is 5.32 Å². The topological polar surface area (TPSA) is 79.0 Å². The molecule has 1 saturated heterocycles. The Morgan fingerprint density at radius 2 is 1.70 bits per heavy atom. The number of rotatable bonds is 6. The Balaban J connectivity index is 1.39. The Morgan fingerprint density at radius 3 is 2.45 bits per heavy atom. The van der Waals surface area contributed by atoms with Crippen molar-refractivity contribution in [2.75, 3.05) is 54.6 Å². The van der Waals surface area contributed by atoms with Crippen LogP contribution >= 0.6 is 11.8 Å². The Kier molecular flexibility index (Phi) is 7.61. The molecule has 0 spiro atoms. The number of fused-ring (bicyclic) bond motifs is 1. The highest BCUT2D eigenvalue weighted by atomic mass is 32.2. The summed E-state index contributed by atoms with van der Waals surface area (Å²) in [6, 6.07) is 10.9. The van der Waals surface area contributed by atoms with Crippen molar-refractivity contribution in [2.24, 2.45) is 0 Å². The standard InChI is InChI=1S/C24H26FN3O4S/c25-18-8-6-17(7-9-18)24(31)26-20-4-1-5-21-19(20)3-2-10-28(21)23(30)16-33-15-22(29)27-11-13-32-14-12-27/h1,4-9H,2-3,10-16H2,(H,26,31). The maximum absolute atomic E-state index is 13.2. The Hall–Kier alpha value is -2.91. The number of carbonyl (C=O) groups excluding carboxylic acids is 3. The van der Waals surface area contributed by atoms with Gasteiger partial charge >= 0.3 is 0 Å². The molecule has 0 bridgehead atoms. The summed E-state index contributed by atoms with van der Waals surface area (Å²) in [4.78, 5) is 41.4. The number of carbonyl (C=O) groups is 3. The van der Waals surface area contributed by atoms with E-state index in [-0.39, 0.29) is 29.2 Å². The number of anilines is 2. The molecule has 0 aliphatic carbocycles. The number of ether oxygens (including phenoxy) is 1. The molecule has 2 aliphatic heterocycles. The molecular formula is C24H26FN3O4S. The number of nitrogens with one attached hydrogen (secondary N) is 1. The van der Waals surface area contributed by atoms with Gasteiger partial charge in [0.15, 0.2) is 0 Å². The van der Waals surface area contributed by atoms with Gasteiger partial charge in [-0.1, -0.05) is 6.07 Å². The minimum Gasteiger partial charge on any atom is -0.378 e. The molecule has 4 rings (SSSR count). The van der Waals surface area contributed by atoms with E-state index in [1.54, 1.807) is 15.9 Å². The molecule has 0 aromatic heterocycles. The first-order valence-electron chi connectivity index (χ1n) is 11.0. The first kappa shape index (κ1) is 23.3. The van der Waals surface area contributed by atoms with Crippen LogP contribution in [-0.4, -0.2) is 67.0 Å². The second-order valence-corrected chi connectivity index (χ2v) is 8.88. The second kappa shape index (κ2) is 10.8. The van der Waals surface area contributed by atoms with Crippen molar-refractivity contribution < 1.29 is 23.5 Å². The Labute approximate surface area is 196 Å². The lowest BCUT2D eigenvalue weighted by molar-refractivity contribution is -0.132. The molecule has 2 heterocycles. The molecule has 0 atom stereocenters. The quantitative estimate of drug-likeness (QED) is 0.701. The van der Waals surface area contributed by atoms with Crippen molar-refractivity contribution in [3.63, 3.8) is 0 Å². The first-order valence-corrected chi connectivity index (χ1v) is 12.1. The highest BCUT2D eigenvalue weighted by molar-refractivity contribution is 8.00. The van der Waals surface area contributed by atoms with Gasteiger partial charge in [0.2, 0.25) is 11.8 Å². The van der Waals surface area contributed by atoms with Gasteiger partial charge in [-0.3, -0.25) is 14.4 Å². The summed E-state index contributed by atoms with van der Waals surface area (Å²) in [5.41, 5.74) is 2.69. The first-order chi connectivity index (χ1) is 16.0. The van der Waals surface area contributed by atoms with E-state index in [0.29, 0.717) is 44.1 Å². The molecular weight excluding hydrogens is 445 g/mol. The van der Waals surface area contributed by atoms with Crippen LogP contribution in [0.15, 0.2) is 42.5 Å². The van der Waals surface area contributed by atoms with Crippen LogP contribution in [0.25, 0.3) is 0 Å². The fraction of sp³-hybridized carbons (Fsp3) is 0.375. The highest BCUT2D eigenvalue weighted by Gasteiger charge is 2.25. The van der Waals surface area contributed by atoms with E-state index < -0.39 is 5.82 Å². The predicted molar refractivity (Wildman–Crippen MR) is 126 cm³/mol. The SMILES string of the molecule is O=C(Nc1cccc2c1CCCN2C(=O)CSCC(=O)N1CCOCC1)c1ccc(F)cc1. The van der Waals surface area contributed by atoms with Gasteiger partial charge < -0.3 is 19.9 Å². The minimum atomic E-state index is -0.401. The minimum absolute atomic E-state index is 0.0286. The van der Waals surface area contributed by atoms with Gasteiger partial charge in [-0.05, 0) is 54.8 Å². The zero-order valence-electron chi connectivity index (χ0n) is 18.2. The average molecular weight is 472 g/mol. The molecule has 0 saturated carbocycles. The van der Waals surface area contributed by atoms with Crippen LogP contribution in [0.3, 0.4) is 0 Å².